The minimum Gasteiger partial charge on any atom is -0.492 e. The molecule has 0 spiro atoms. The summed E-state index contributed by atoms with van der Waals surface area (Å²) in [7, 11) is 4.07. The molecule has 0 atom stereocenters. The van der Waals surface area contributed by atoms with E-state index in [1.54, 1.807) is 0 Å². The van der Waals surface area contributed by atoms with Crippen molar-refractivity contribution in [2.75, 3.05) is 27.2 Å². The Morgan fingerprint density at radius 2 is 2.27 bits per heavy atom. The third-order valence-electron chi connectivity index (χ3n) is 2.25. The monoisotopic (exact) mass is 203 g/mol. The topological polar surface area (TPSA) is 28.3 Å². The predicted molar refractivity (Wildman–Crippen MR) is 61.2 cm³/mol. The molecule has 1 aromatic heterocycles. The number of rotatable bonds is 4. The number of aromatic nitrogens is 1. The first-order valence-electron chi connectivity index (χ1n) is 5.02. The minimum absolute atomic E-state index is 0.711. The summed E-state index contributed by atoms with van der Waals surface area (Å²) < 4.78 is 5.62. The number of hydrogen-bond acceptors (Lipinski definition) is 2. The van der Waals surface area contributed by atoms with Crippen LogP contribution in [0.3, 0.4) is 0 Å². The van der Waals surface area contributed by atoms with Crippen molar-refractivity contribution in [2.24, 2.45) is 0 Å². The Labute approximate surface area is 89.7 Å². The van der Waals surface area contributed by atoms with Gasteiger partial charge in [0, 0.05) is 35.8 Å². The molecule has 2 aromatic rings. The number of nitrogens with one attached hydrogen (secondary N) is 1. The molecule has 1 heterocycles. The first-order valence-corrected chi connectivity index (χ1v) is 5.02. The lowest BCUT2D eigenvalue weighted by Crippen LogP contribution is -2.19. The molecule has 0 saturated heterocycles. The van der Waals surface area contributed by atoms with Crippen LogP contribution in [0.4, 0.5) is 0 Å². The normalized spacial score (nSPS) is 11.1. The third kappa shape index (κ3) is 2.50. The van der Waals surface area contributed by atoms with Gasteiger partial charge in [0.1, 0.15) is 12.4 Å². The molecule has 0 bridgehead atoms. The van der Waals surface area contributed by atoms with Crippen molar-refractivity contribution >= 4 is 10.9 Å². The van der Waals surface area contributed by atoms with E-state index in [1.807, 2.05) is 38.5 Å². The van der Waals surface area contributed by atoms with E-state index in [0.29, 0.717) is 6.61 Å². The highest BCUT2D eigenvalue weighted by molar-refractivity contribution is 5.79. The maximum absolute atomic E-state index is 5.62. The Balaban J connectivity index is 2.02. The van der Waals surface area contributed by atoms with Crippen LogP contribution < -0.4 is 4.74 Å². The van der Waals surface area contributed by atoms with Crippen molar-refractivity contribution in [3.05, 3.63) is 30.5 Å². The largest absolute Gasteiger partial charge is 0.492 e. The smallest absolute Gasteiger partial charge is 0.121 e. The number of hydrogen-bond donors (Lipinski definition) is 1. The molecule has 0 saturated carbocycles. The van der Waals surface area contributed by atoms with E-state index in [9.17, 15) is 0 Å². The Kier molecular flexibility index (Phi) is 2.92. The summed E-state index contributed by atoms with van der Waals surface area (Å²) in [4.78, 5) is 5.21. The predicted octanol–water partition coefficient (Wildman–Crippen LogP) is 1.91. The van der Waals surface area contributed by atoms with Crippen LogP contribution in [0.15, 0.2) is 24.4 Å². The van der Waals surface area contributed by atoms with Crippen LogP contribution in [0, 0.1) is 6.07 Å². The fourth-order valence-electron chi connectivity index (χ4n) is 1.40. The van der Waals surface area contributed by atoms with Crippen molar-refractivity contribution in [1.82, 2.24) is 9.88 Å². The molecule has 79 valence electrons. The number of likely N-dealkylation sites (N-methyl/N-ethyl adjacent to an activating group) is 1. The molecule has 3 heteroatoms. The number of H-pyrrole nitrogens is 1. The van der Waals surface area contributed by atoms with Crippen LogP contribution >= 0.6 is 0 Å². The Bertz CT molecular complexity index is 434. The van der Waals surface area contributed by atoms with Crippen molar-refractivity contribution < 1.29 is 4.74 Å². The highest BCUT2D eigenvalue weighted by Crippen LogP contribution is 2.18. The Morgan fingerprint density at radius 3 is 3.07 bits per heavy atom. The summed E-state index contributed by atoms with van der Waals surface area (Å²) in [5.41, 5.74) is 1.07. The fourth-order valence-corrected chi connectivity index (χ4v) is 1.40. The number of fused-ring (bicyclic) bond motifs is 1. The van der Waals surface area contributed by atoms with Crippen LogP contribution in [-0.2, 0) is 0 Å². The van der Waals surface area contributed by atoms with Gasteiger partial charge in [0.2, 0.25) is 0 Å². The van der Waals surface area contributed by atoms with Crippen LogP contribution in [0.5, 0.6) is 5.75 Å². The van der Waals surface area contributed by atoms with E-state index in [2.05, 4.69) is 16.0 Å². The van der Waals surface area contributed by atoms with Crippen LogP contribution in [0.1, 0.15) is 0 Å². The summed E-state index contributed by atoms with van der Waals surface area (Å²) in [5.74, 6) is 0.903. The molecule has 0 aliphatic rings. The highest BCUT2D eigenvalue weighted by Gasteiger charge is 1.98. The first kappa shape index (κ1) is 10.1. The maximum atomic E-state index is 5.62. The summed E-state index contributed by atoms with van der Waals surface area (Å²) in [6, 6.07) is 9.09. The van der Waals surface area contributed by atoms with E-state index >= 15 is 0 Å². The Morgan fingerprint density at radius 1 is 1.40 bits per heavy atom. The molecule has 1 aromatic carbocycles. The molecule has 0 unspecified atom stereocenters. The molecule has 1 radical (unpaired) electrons. The van der Waals surface area contributed by atoms with E-state index < -0.39 is 0 Å². The molecule has 3 nitrogen and oxygen atoms in total. The third-order valence-corrected chi connectivity index (χ3v) is 2.25. The lowest BCUT2D eigenvalue weighted by Gasteiger charge is -2.10. The second-order valence-corrected chi connectivity index (χ2v) is 3.79. The fraction of sp³-hybridized carbons (Fsp3) is 0.333. The van der Waals surface area contributed by atoms with Gasteiger partial charge in [0.15, 0.2) is 0 Å². The molecule has 2 rings (SSSR count). The van der Waals surface area contributed by atoms with E-state index in [1.165, 1.54) is 0 Å². The maximum Gasteiger partial charge on any atom is 0.121 e. The molecule has 0 aliphatic carbocycles. The van der Waals surface area contributed by atoms with Crippen molar-refractivity contribution in [3.63, 3.8) is 0 Å². The van der Waals surface area contributed by atoms with Crippen LogP contribution in [-0.4, -0.2) is 37.1 Å². The van der Waals surface area contributed by atoms with Crippen molar-refractivity contribution in [3.8, 4) is 5.75 Å². The average Bonchev–Trinajstić information content (AvgIpc) is 2.64. The van der Waals surface area contributed by atoms with Gasteiger partial charge >= 0.3 is 0 Å². The van der Waals surface area contributed by atoms with Crippen molar-refractivity contribution in [1.29, 1.82) is 0 Å². The summed E-state index contributed by atoms with van der Waals surface area (Å²) in [6.45, 7) is 1.64. The summed E-state index contributed by atoms with van der Waals surface area (Å²) in [6.07, 6.45) is 1.81. The average molecular weight is 203 g/mol. The minimum atomic E-state index is 0.711. The van der Waals surface area contributed by atoms with Gasteiger partial charge in [-0.05, 0) is 26.2 Å². The number of ether oxygens (including phenoxy) is 1. The van der Waals surface area contributed by atoms with E-state index in [4.69, 9.17) is 4.74 Å². The molecular weight excluding hydrogens is 188 g/mol. The van der Waals surface area contributed by atoms with E-state index in [0.717, 1.165) is 23.2 Å². The second kappa shape index (κ2) is 4.36. The van der Waals surface area contributed by atoms with Gasteiger partial charge in [-0.2, -0.15) is 0 Å². The lowest BCUT2D eigenvalue weighted by atomic mass is 10.2. The summed E-state index contributed by atoms with van der Waals surface area (Å²) in [5, 5.41) is 1.09. The summed E-state index contributed by atoms with van der Waals surface area (Å²) >= 11 is 0. The quantitative estimate of drug-likeness (QED) is 0.822. The standard InChI is InChI=1S/C12H15N2O/c1-14(2)7-8-15-11-4-3-10-5-6-13-12(10)9-11/h3-4,6,9,13H,7-8H2,1-2H3. The zero-order valence-electron chi connectivity index (χ0n) is 9.08. The van der Waals surface area contributed by atoms with Crippen LogP contribution in [0.2, 0.25) is 0 Å². The lowest BCUT2D eigenvalue weighted by molar-refractivity contribution is 0.261. The SMILES string of the molecule is CN(C)CCOc1ccc2[c]c[nH]c2c1. The number of benzene rings is 1. The second-order valence-electron chi connectivity index (χ2n) is 3.79. The van der Waals surface area contributed by atoms with Gasteiger partial charge in [0.05, 0.1) is 0 Å². The van der Waals surface area contributed by atoms with Gasteiger partial charge in [-0.25, -0.2) is 0 Å². The molecule has 0 amide bonds. The van der Waals surface area contributed by atoms with E-state index in [-0.39, 0.29) is 0 Å². The zero-order valence-corrected chi connectivity index (χ0v) is 9.08. The van der Waals surface area contributed by atoms with Gasteiger partial charge < -0.3 is 14.6 Å². The van der Waals surface area contributed by atoms with Crippen LogP contribution in [0.25, 0.3) is 10.9 Å². The van der Waals surface area contributed by atoms with Gasteiger partial charge in [-0.1, -0.05) is 0 Å². The van der Waals surface area contributed by atoms with Gasteiger partial charge in [0.25, 0.3) is 0 Å². The molecule has 15 heavy (non-hydrogen) atoms. The zero-order chi connectivity index (χ0) is 10.7. The Hall–Kier alpha value is -1.48. The molecule has 1 N–H and O–H groups in total. The van der Waals surface area contributed by atoms with Crippen molar-refractivity contribution in [2.45, 2.75) is 0 Å². The van der Waals surface area contributed by atoms with Gasteiger partial charge in [-0.3, -0.25) is 0 Å². The highest BCUT2D eigenvalue weighted by atomic mass is 16.5. The molecule has 0 fully saturated rings. The first-order chi connectivity index (χ1) is 7.25. The number of aromatic amines is 1. The van der Waals surface area contributed by atoms with Gasteiger partial charge in [-0.15, -0.1) is 0 Å². The molecular formula is C12H15N2O. The number of nitrogens with zero attached hydrogens (tertiary/aromatic N) is 1. The molecule has 0 aliphatic heterocycles.